The maximum Gasteiger partial charge on any atom is 0.270 e. The van der Waals surface area contributed by atoms with E-state index in [9.17, 15) is 9.90 Å². The van der Waals surface area contributed by atoms with Gasteiger partial charge in [0.15, 0.2) is 4.32 Å². The Kier molecular flexibility index (Phi) is 4.91. The molecular weight excluding hydrogens is 462 g/mol. The van der Waals surface area contributed by atoms with Crippen LogP contribution < -0.4 is 4.90 Å². The summed E-state index contributed by atoms with van der Waals surface area (Å²) in [4.78, 5) is 14.7. The van der Waals surface area contributed by atoms with Crippen molar-refractivity contribution in [3.05, 3.63) is 61.9 Å². The zero-order valence-electron chi connectivity index (χ0n) is 11.5. The van der Waals surface area contributed by atoms with Gasteiger partial charge in [-0.15, -0.1) is 0 Å². The van der Waals surface area contributed by atoms with E-state index in [0.29, 0.717) is 18.2 Å². The zero-order chi connectivity index (χ0) is 16.6. The minimum absolute atomic E-state index is 0.124. The van der Waals surface area contributed by atoms with E-state index in [4.69, 9.17) is 12.2 Å². The normalized spacial score (nSPS) is 16.4. The van der Waals surface area contributed by atoms with Crippen LogP contribution in [0.15, 0.2) is 56.3 Å². The Morgan fingerprint density at radius 1 is 1.13 bits per heavy atom. The van der Waals surface area contributed by atoms with Gasteiger partial charge in [0.2, 0.25) is 0 Å². The van der Waals surface area contributed by atoms with E-state index >= 15 is 0 Å². The highest BCUT2D eigenvalue weighted by Gasteiger charge is 2.33. The summed E-state index contributed by atoms with van der Waals surface area (Å²) in [6.45, 7) is 0. The standard InChI is InChI=1S/C16H9Br2NO2S2/c17-11-6-9(7-12(18)14(11)20)8-13-15(21)19(16(22)23-13)10-4-2-1-3-5-10/h1-8,20H/b13-8+. The maximum atomic E-state index is 12.6. The zero-order valence-corrected chi connectivity index (χ0v) is 16.3. The topological polar surface area (TPSA) is 40.5 Å². The SMILES string of the molecule is O=C1/C(=C\c2cc(Br)c(O)c(Br)c2)SC(=S)N1c1ccccc1. The first-order valence-corrected chi connectivity index (χ1v) is 9.29. The van der Waals surface area contributed by atoms with Crippen molar-refractivity contribution in [2.24, 2.45) is 0 Å². The molecule has 1 saturated heterocycles. The van der Waals surface area contributed by atoms with Crippen molar-refractivity contribution < 1.29 is 9.90 Å². The highest BCUT2D eigenvalue weighted by Crippen LogP contribution is 2.38. The molecule has 2 aromatic rings. The van der Waals surface area contributed by atoms with Gasteiger partial charge in [-0.25, -0.2) is 0 Å². The number of thiocarbonyl (C=S) groups is 1. The molecule has 23 heavy (non-hydrogen) atoms. The third-order valence-corrected chi connectivity index (χ3v) is 5.66. The first-order chi connectivity index (χ1) is 11.0. The molecule has 1 heterocycles. The average Bonchev–Trinajstić information content (AvgIpc) is 2.80. The Bertz CT molecular complexity index is 814. The Balaban J connectivity index is 1.96. The number of hydrogen-bond acceptors (Lipinski definition) is 4. The van der Waals surface area contributed by atoms with Gasteiger partial charge in [0.25, 0.3) is 5.91 Å². The van der Waals surface area contributed by atoms with Crippen molar-refractivity contribution in [2.75, 3.05) is 4.90 Å². The number of carbonyl (C=O) groups excluding carboxylic acids is 1. The van der Waals surface area contributed by atoms with Crippen LogP contribution in [0.5, 0.6) is 5.75 Å². The molecule has 7 heteroatoms. The highest BCUT2D eigenvalue weighted by molar-refractivity contribution is 9.11. The molecule has 0 aliphatic carbocycles. The van der Waals surface area contributed by atoms with Crippen LogP contribution in [0.2, 0.25) is 0 Å². The lowest BCUT2D eigenvalue weighted by Gasteiger charge is -2.13. The van der Waals surface area contributed by atoms with Crippen molar-refractivity contribution in [3.8, 4) is 5.75 Å². The van der Waals surface area contributed by atoms with Crippen LogP contribution in [0.1, 0.15) is 5.56 Å². The number of para-hydroxylation sites is 1. The molecule has 0 radical (unpaired) electrons. The third kappa shape index (κ3) is 3.38. The second kappa shape index (κ2) is 6.76. The van der Waals surface area contributed by atoms with Crippen molar-refractivity contribution in [2.45, 2.75) is 0 Å². The number of anilines is 1. The second-order valence-corrected chi connectivity index (χ2v) is 8.07. The molecule has 3 nitrogen and oxygen atoms in total. The predicted molar refractivity (Wildman–Crippen MR) is 106 cm³/mol. The van der Waals surface area contributed by atoms with Crippen LogP contribution in [0, 0.1) is 0 Å². The lowest BCUT2D eigenvalue weighted by Crippen LogP contribution is -2.27. The summed E-state index contributed by atoms with van der Waals surface area (Å²) in [7, 11) is 0. The quantitative estimate of drug-likeness (QED) is 0.476. The van der Waals surface area contributed by atoms with Gasteiger partial charge in [-0.1, -0.05) is 42.2 Å². The number of phenols is 1. The van der Waals surface area contributed by atoms with Gasteiger partial charge in [0, 0.05) is 0 Å². The van der Waals surface area contributed by atoms with Crippen LogP contribution in [0.3, 0.4) is 0 Å². The number of halogens is 2. The van der Waals surface area contributed by atoms with Gasteiger partial charge >= 0.3 is 0 Å². The van der Waals surface area contributed by atoms with Crippen molar-refractivity contribution in [1.29, 1.82) is 0 Å². The number of carbonyl (C=O) groups is 1. The van der Waals surface area contributed by atoms with Crippen molar-refractivity contribution in [3.63, 3.8) is 0 Å². The van der Waals surface area contributed by atoms with E-state index in [1.54, 1.807) is 18.2 Å². The van der Waals surface area contributed by atoms with Crippen molar-refractivity contribution in [1.82, 2.24) is 0 Å². The number of hydrogen-bond donors (Lipinski definition) is 1. The molecule has 0 unspecified atom stereocenters. The summed E-state index contributed by atoms with van der Waals surface area (Å²) in [6.07, 6.45) is 1.76. The predicted octanol–water partition coefficient (Wildman–Crippen LogP) is 5.32. The van der Waals surface area contributed by atoms with Gasteiger partial charge in [-0.3, -0.25) is 9.69 Å². The lowest BCUT2D eigenvalue weighted by atomic mass is 10.2. The third-order valence-electron chi connectivity index (χ3n) is 3.15. The number of rotatable bonds is 2. The van der Waals surface area contributed by atoms with Gasteiger partial charge in [0.05, 0.1) is 19.5 Å². The molecule has 0 bridgehead atoms. The fourth-order valence-electron chi connectivity index (χ4n) is 2.09. The van der Waals surface area contributed by atoms with E-state index < -0.39 is 0 Å². The molecule has 2 aromatic carbocycles. The Morgan fingerprint density at radius 3 is 2.35 bits per heavy atom. The molecular formula is C16H9Br2NO2S2. The molecule has 1 fully saturated rings. The molecule has 0 spiro atoms. The number of amides is 1. The summed E-state index contributed by atoms with van der Waals surface area (Å²) in [5, 5.41) is 9.76. The summed E-state index contributed by atoms with van der Waals surface area (Å²) >= 11 is 13.2. The molecule has 0 saturated carbocycles. The van der Waals surface area contributed by atoms with Gasteiger partial charge in [0.1, 0.15) is 5.75 Å². The molecule has 1 aliphatic rings. The second-order valence-electron chi connectivity index (χ2n) is 4.69. The van der Waals surface area contributed by atoms with E-state index in [-0.39, 0.29) is 11.7 Å². The number of nitrogens with zero attached hydrogens (tertiary/aromatic N) is 1. The van der Waals surface area contributed by atoms with Gasteiger partial charge in [-0.2, -0.15) is 0 Å². The van der Waals surface area contributed by atoms with Crippen molar-refractivity contribution >= 4 is 77.8 Å². The molecule has 0 aromatic heterocycles. The molecule has 1 aliphatic heterocycles. The minimum atomic E-state index is -0.147. The van der Waals surface area contributed by atoms with E-state index in [1.165, 1.54) is 16.7 Å². The van der Waals surface area contributed by atoms with E-state index in [2.05, 4.69) is 31.9 Å². The summed E-state index contributed by atoms with van der Waals surface area (Å²) in [5.74, 6) is -0.0227. The smallest absolute Gasteiger partial charge is 0.270 e. The Labute approximate surface area is 159 Å². The Hall–Kier alpha value is -1.15. The molecule has 1 amide bonds. The number of thioether (sulfide) groups is 1. The number of phenolic OH excluding ortho intramolecular Hbond substituents is 1. The molecule has 0 atom stereocenters. The number of aromatic hydroxyl groups is 1. The van der Waals surface area contributed by atoms with Crippen LogP contribution in [0.25, 0.3) is 6.08 Å². The summed E-state index contributed by atoms with van der Waals surface area (Å²) < 4.78 is 1.61. The van der Waals surface area contributed by atoms with E-state index in [0.717, 1.165) is 11.3 Å². The van der Waals surface area contributed by atoms with E-state index in [1.807, 2.05) is 30.3 Å². The highest BCUT2D eigenvalue weighted by atomic mass is 79.9. The summed E-state index contributed by atoms with van der Waals surface area (Å²) in [6, 6.07) is 12.8. The lowest BCUT2D eigenvalue weighted by molar-refractivity contribution is -0.113. The minimum Gasteiger partial charge on any atom is -0.506 e. The molecule has 3 rings (SSSR count). The molecule has 1 N–H and O–H groups in total. The average molecular weight is 471 g/mol. The first kappa shape index (κ1) is 16.7. The monoisotopic (exact) mass is 469 g/mol. The summed E-state index contributed by atoms with van der Waals surface area (Å²) in [5.41, 5.74) is 1.54. The molecule has 116 valence electrons. The first-order valence-electron chi connectivity index (χ1n) is 6.48. The van der Waals surface area contributed by atoms with Gasteiger partial charge < -0.3 is 5.11 Å². The van der Waals surface area contributed by atoms with Gasteiger partial charge in [-0.05, 0) is 67.8 Å². The number of benzene rings is 2. The largest absolute Gasteiger partial charge is 0.506 e. The Morgan fingerprint density at radius 2 is 1.74 bits per heavy atom. The van der Waals surface area contributed by atoms with Crippen LogP contribution in [-0.2, 0) is 4.79 Å². The fourth-order valence-corrected chi connectivity index (χ4v) is 4.61. The van der Waals surface area contributed by atoms with Crippen LogP contribution in [-0.4, -0.2) is 15.3 Å². The fraction of sp³-hybridized carbons (Fsp3) is 0. The van der Waals surface area contributed by atoms with Crippen LogP contribution in [0.4, 0.5) is 5.69 Å². The van der Waals surface area contributed by atoms with Crippen LogP contribution >= 0.6 is 55.8 Å². The maximum absolute atomic E-state index is 12.6.